The second-order valence-corrected chi connectivity index (χ2v) is 7.62. The molecule has 0 aliphatic carbocycles. The Kier molecular flexibility index (Phi) is 3.64. The number of benzene rings is 1. The van der Waals surface area contributed by atoms with Gasteiger partial charge in [0.25, 0.3) is 5.56 Å². The molecule has 5 rings (SSSR count). The van der Waals surface area contributed by atoms with Crippen molar-refractivity contribution in [2.75, 3.05) is 5.73 Å². The predicted octanol–water partition coefficient (Wildman–Crippen LogP) is 2.22. The standard InChI is InChI=1S/C22H21N3O4/c1-3-11-6-5-7-12-17(23)13-9-25-16(19(13)24-18(11)12)8-15-14(20(25)26)10-29-21(27)22(15,28)4-2/h5-8,28H,3-4,9-10H2,1-2H3,(H2,23,24)/t22-/m0/s1. The van der Waals surface area contributed by atoms with E-state index in [0.717, 1.165) is 28.5 Å². The first-order valence-electron chi connectivity index (χ1n) is 9.77. The lowest BCUT2D eigenvalue weighted by Crippen LogP contribution is -2.44. The molecule has 0 saturated heterocycles. The van der Waals surface area contributed by atoms with Crippen molar-refractivity contribution in [1.82, 2.24) is 9.55 Å². The zero-order valence-electron chi connectivity index (χ0n) is 16.3. The number of carbonyl (C=O) groups excluding carboxylic acids is 1. The molecule has 2 aromatic heterocycles. The Morgan fingerprint density at radius 2 is 2.07 bits per heavy atom. The fourth-order valence-corrected chi connectivity index (χ4v) is 4.48. The van der Waals surface area contributed by atoms with Crippen molar-refractivity contribution in [3.05, 3.63) is 56.9 Å². The third kappa shape index (κ3) is 2.19. The average molecular weight is 391 g/mol. The number of cyclic esters (lactones) is 1. The summed E-state index contributed by atoms with van der Waals surface area (Å²) in [5.41, 5.74) is 9.49. The molecule has 3 aromatic rings. The van der Waals surface area contributed by atoms with Crippen LogP contribution in [0.3, 0.4) is 0 Å². The van der Waals surface area contributed by atoms with Gasteiger partial charge in [-0.05, 0) is 24.5 Å². The summed E-state index contributed by atoms with van der Waals surface area (Å²) in [6.07, 6.45) is 0.919. The molecule has 29 heavy (non-hydrogen) atoms. The highest BCUT2D eigenvalue weighted by atomic mass is 16.6. The van der Waals surface area contributed by atoms with E-state index in [-0.39, 0.29) is 18.6 Å². The smallest absolute Gasteiger partial charge is 0.343 e. The normalized spacial score (nSPS) is 19.6. The minimum Gasteiger partial charge on any atom is -0.458 e. The molecule has 0 spiro atoms. The number of aliphatic hydroxyl groups is 1. The van der Waals surface area contributed by atoms with Crippen LogP contribution in [0.15, 0.2) is 29.1 Å². The Morgan fingerprint density at radius 3 is 2.79 bits per heavy atom. The summed E-state index contributed by atoms with van der Waals surface area (Å²) in [6.45, 7) is 3.91. The third-order valence-corrected chi connectivity index (χ3v) is 6.23. The summed E-state index contributed by atoms with van der Waals surface area (Å²) in [5.74, 6) is -0.727. The van der Waals surface area contributed by atoms with Gasteiger partial charge in [0.2, 0.25) is 0 Å². The van der Waals surface area contributed by atoms with E-state index in [1.807, 2.05) is 18.2 Å². The van der Waals surface area contributed by atoms with Gasteiger partial charge in [-0.15, -0.1) is 0 Å². The maximum absolute atomic E-state index is 13.2. The van der Waals surface area contributed by atoms with E-state index in [0.29, 0.717) is 34.7 Å². The Bertz CT molecular complexity index is 1280. The maximum Gasteiger partial charge on any atom is 0.343 e. The van der Waals surface area contributed by atoms with Crippen LogP contribution in [0.25, 0.3) is 22.3 Å². The van der Waals surface area contributed by atoms with Gasteiger partial charge in [-0.2, -0.15) is 0 Å². The lowest BCUT2D eigenvalue weighted by Gasteiger charge is -2.31. The minimum atomic E-state index is -1.83. The molecule has 1 aromatic carbocycles. The molecular weight excluding hydrogens is 370 g/mol. The monoisotopic (exact) mass is 391 g/mol. The molecule has 2 aliphatic heterocycles. The number of aryl methyl sites for hydroxylation is 1. The number of rotatable bonds is 2. The van der Waals surface area contributed by atoms with Gasteiger partial charge in [-0.1, -0.05) is 32.0 Å². The van der Waals surface area contributed by atoms with Crippen LogP contribution in [0, 0.1) is 0 Å². The highest BCUT2D eigenvalue weighted by Gasteiger charge is 2.45. The third-order valence-electron chi connectivity index (χ3n) is 6.23. The number of aromatic nitrogens is 2. The van der Waals surface area contributed by atoms with Gasteiger partial charge in [0.1, 0.15) is 6.61 Å². The van der Waals surface area contributed by atoms with Crippen LogP contribution in [0.5, 0.6) is 0 Å². The molecule has 0 unspecified atom stereocenters. The number of nitrogen functional groups attached to an aromatic ring is 1. The van der Waals surface area contributed by atoms with E-state index in [4.69, 9.17) is 15.5 Å². The van der Waals surface area contributed by atoms with Gasteiger partial charge in [0.15, 0.2) is 5.60 Å². The zero-order chi connectivity index (χ0) is 20.5. The summed E-state index contributed by atoms with van der Waals surface area (Å²) >= 11 is 0. The fourth-order valence-electron chi connectivity index (χ4n) is 4.48. The van der Waals surface area contributed by atoms with E-state index in [1.165, 1.54) is 0 Å². The second-order valence-electron chi connectivity index (χ2n) is 7.62. The summed E-state index contributed by atoms with van der Waals surface area (Å²) in [5, 5.41) is 11.8. The lowest BCUT2D eigenvalue weighted by molar-refractivity contribution is -0.172. The molecule has 0 bridgehead atoms. The highest BCUT2D eigenvalue weighted by Crippen LogP contribution is 2.41. The number of pyridine rings is 2. The van der Waals surface area contributed by atoms with Crippen molar-refractivity contribution >= 4 is 22.6 Å². The summed E-state index contributed by atoms with van der Waals surface area (Å²) < 4.78 is 6.71. The molecule has 7 heteroatoms. The van der Waals surface area contributed by atoms with Crippen LogP contribution in [-0.4, -0.2) is 20.6 Å². The zero-order valence-corrected chi connectivity index (χ0v) is 16.3. The largest absolute Gasteiger partial charge is 0.458 e. The van der Waals surface area contributed by atoms with Crippen LogP contribution < -0.4 is 11.3 Å². The number of nitrogens with two attached hydrogens (primary N) is 1. The minimum absolute atomic E-state index is 0.113. The van der Waals surface area contributed by atoms with Crippen molar-refractivity contribution in [2.45, 2.75) is 45.4 Å². The molecule has 0 radical (unpaired) electrons. The SMILES string of the molecule is CCc1cccc2c(N)c3c(nc12)-c1cc2c(c(=O)n1C3)COC(=O)[C@]2(O)CC. The van der Waals surface area contributed by atoms with Crippen molar-refractivity contribution in [2.24, 2.45) is 0 Å². The quantitative estimate of drug-likeness (QED) is 0.508. The topological polar surface area (TPSA) is 107 Å². The number of ether oxygens (including phenoxy) is 1. The number of carbonyl (C=O) groups is 1. The van der Waals surface area contributed by atoms with Crippen LogP contribution in [0.1, 0.15) is 42.5 Å². The summed E-state index contributed by atoms with van der Waals surface area (Å²) in [6, 6.07) is 7.63. The fraction of sp³-hybridized carbons (Fsp3) is 0.318. The summed E-state index contributed by atoms with van der Waals surface area (Å²) in [4.78, 5) is 30.3. The lowest BCUT2D eigenvalue weighted by atomic mass is 9.86. The second kappa shape index (κ2) is 5.90. The summed E-state index contributed by atoms with van der Waals surface area (Å²) in [7, 11) is 0. The maximum atomic E-state index is 13.2. The number of nitrogens with zero attached hydrogens (tertiary/aromatic N) is 2. The van der Waals surface area contributed by atoms with Crippen molar-refractivity contribution < 1.29 is 14.6 Å². The number of para-hydroxylation sites is 1. The Balaban J connectivity index is 1.84. The van der Waals surface area contributed by atoms with Gasteiger partial charge in [-0.3, -0.25) is 4.79 Å². The molecule has 3 N–H and O–H groups in total. The highest BCUT2D eigenvalue weighted by molar-refractivity contribution is 5.97. The molecule has 0 saturated carbocycles. The van der Waals surface area contributed by atoms with Gasteiger partial charge in [0.05, 0.1) is 29.0 Å². The molecule has 1 atom stereocenters. The molecular formula is C22H21N3O4. The first kappa shape index (κ1) is 17.9. The van der Waals surface area contributed by atoms with E-state index in [9.17, 15) is 14.7 Å². The van der Waals surface area contributed by atoms with Crippen LogP contribution >= 0.6 is 0 Å². The van der Waals surface area contributed by atoms with E-state index < -0.39 is 11.6 Å². The number of fused-ring (bicyclic) bond motifs is 5. The molecule has 148 valence electrons. The van der Waals surface area contributed by atoms with E-state index in [1.54, 1.807) is 17.6 Å². The molecule has 0 amide bonds. The first-order chi connectivity index (χ1) is 13.9. The Labute approximate surface area is 166 Å². The molecule has 2 aliphatic rings. The Hall–Kier alpha value is -3.19. The molecule has 4 heterocycles. The average Bonchev–Trinajstić information content (AvgIpc) is 3.10. The molecule has 0 fully saturated rings. The van der Waals surface area contributed by atoms with E-state index in [2.05, 4.69) is 6.92 Å². The first-order valence-corrected chi connectivity index (χ1v) is 9.77. The van der Waals surface area contributed by atoms with Gasteiger partial charge in [0, 0.05) is 22.2 Å². The van der Waals surface area contributed by atoms with Crippen LogP contribution in [-0.2, 0) is 34.7 Å². The van der Waals surface area contributed by atoms with Crippen molar-refractivity contribution in [1.29, 1.82) is 0 Å². The van der Waals surface area contributed by atoms with Gasteiger partial charge in [-0.25, -0.2) is 9.78 Å². The van der Waals surface area contributed by atoms with Crippen LogP contribution in [0.2, 0.25) is 0 Å². The van der Waals surface area contributed by atoms with Crippen molar-refractivity contribution in [3.63, 3.8) is 0 Å². The number of anilines is 1. The van der Waals surface area contributed by atoms with Gasteiger partial charge >= 0.3 is 5.97 Å². The number of hydrogen-bond donors (Lipinski definition) is 2. The van der Waals surface area contributed by atoms with E-state index >= 15 is 0 Å². The Morgan fingerprint density at radius 1 is 1.28 bits per heavy atom. The molecule has 7 nitrogen and oxygen atoms in total. The number of esters is 1. The van der Waals surface area contributed by atoms with Crippen molar-refractivity contribution in [3.8, 4) is 11.4 Å². The van der Waals surface area contributed by atoms with Crippen LogP contribution in [0.4, 0.5) is 5.69 Å². The number of hydrogen-bond acceptors (Lipinski definition) is 6. The van der Waals surface area contributed by atoms with Gasteiger partial charge < -0.3 is 20.1 Å². The predicted molar refractivity (Wildman–Crippen MR) is 108 cm³/mol.